The summed E-state index contributed by atoms with van der Waals surface area (Å²) in [6, 6.07) is 11.6. The maximum absolute atomic E-state index is 12.9. The first-order chi connectivity index (χ1) is 9.86. The summed E-state index contributed by atoms with van der Waals surface area (Å²) in [7, 11) is -3.65. The third-order valence-electron chi connectivity index (χ3n) is 3.32. The highest BCUT2D eigenvalue weighted by Gasteiger charge is 2.25. The zero-order chi connectivity index (χ0) is 15.6. The number of phenolic OH excluding ortho intramolecular Hbond substituents is 1. The standard InChI is InChI=1S/C16H19NO3S/c1-4-17(14-6-5-7-15(18)11-14)21(19,20)16-10-12(2)8-9-13(16)3/h5-11,18H,4H2,1-3H3. The largest absolute Gasteiger partial charge is 0.508 e. The van der Waals surface area contributed by atoms with Gasteiger partial charge < -0.3 is 5.11 Å². The van der Waals surface area contributed by atoms with Crippen molar-refractivity contribution in [3.05, 3.63) is 53.6 Å². The van der Waals surface area contributed by atoms with Crippen molar-refractivity contribution in [3.63, 3.8) is 0 Å². The molecule has 2 aromatic rings. The van der Waals surface area contributed by atoms with Crippen LogP contribution in [0, 0.1) is 13.8 Å². The van der Waals surface area contributed by atoms with Gasteiger partial charge in [0.2, 0.25) is 0 Å². The zero-order valence-corrected chi connectivity index (χ0v) is 13.2. The van der Waals surface area contributed by atoms with Gasteiger partial charge in [0.25, 0.3) is 10.0 Å². The third kappa shape index (κ3) is 3.03. The fourth-order valence-corrected chi connectivity index (χ4v) is 4.02. The summed E-state index contributed by atoms with van der Waals surface area (Å²) >= 11 is 0. The predicted octanol–water partition coefficient (Wildman–Crippen LogP) is 3.22. The molecule has 0 radical (unpaired) electrons. The second-order valence-electron chi connectivity index (χ2n) is 4.96. The van der Waals surface area contributed by atoms with Gasteiger partial charge in [0.05, 0.1) is 10.6 Å². The first-order valence-electron chi connectivity index (χ1n) is 6.75. The van der Waals surface area contributed by atoms with Crippen LogP contribution in [-0.4, -0.2) is 20.1 Å². The minimum atomic E-state index is -3.65. The number of benzene rings is 2. The first kappa shape index (κ1) is 15.4. The number of aryl methyl sites for hydroxylation is 2. The summed E-state index contributed by atoms with van der Waals surface area (Å²) in [5, 5.41) is 9.57. The lowest BCUT2D eigenvalue weighted by molar-refractivity contribution is 0.475. The van der Waals surface area contributed by atoms with Crippen LogP contribution in [0.5, 0.6) is 5.75 Å². The molecule has 112 valence electrons. The molecule has 0 bridgehead atoms. The quantitative estimate of drug-likeness (QED) is 0.943. The Labute approximate surface area is 125 Å². The molecule has 0 atom stereocenters. The number of sulfonamides is 1. The van der Waals surface area contributed by atoms with Gasteiger partial charge in [-0.25, -0.2) is 8.42 Å². The number of aromatic hydroxyl groups is 1. The zero-order valence-electron chi connectivity index (χ0n) is 12.4. The molecule has 2 rings (SSSR count). The van der Waals surface area contributed by atoms with E-state index in [1.54, 1.807) is 38.1 Å². The van der Waals surface area contributed by atoms with E-state index in [-0.39, 0.29) is 5.75 Å². The summed E-state index contributed by atoms with van der Waals surface area (Å²) in [5.41, 5.74) is 2.06. The van der Waals surface area contributed by atoms with Crippen molar-refractivity contribution in [2.75, 3.05) is 10.8 Å². The topological polar surface area (TPSA) is 57.6 Å². The molecule has 0 aliphatic heterocycles. The van der Waals surface area contributed by atoms with Crippen LogP contribution in [0.1, 0.15) is 18.1 Å². The molecule has 2 aromatic carbocycles. The molecule has 21 heavy (non-hydrogen) atoms. The van der Waals surface area contributed by atoms with E-state index in [2.05, 4.69) is 0 Å². The fourth-order valence-electron chi connectivity index (χ4n) is 2.24. The lowest BCUT2D eigenvalue weighted by Crippen LogP contribution is -2.31. The second kappa shape index (κ2) is 5.77. The smallest absolute Gasteiger partial charge is 0.264 e. The van der Waals surface area contributed by atoms with Crippen LogP contribution >= 0.6 is 0 Å². The van der Waals surface area contributed by atoms with Crippen molar-refractivity contribution < 1.29 is 13.5 Å². The fraction of sp³-hybridized carbons (Fsp3) is 0.250. The molecule has 0 fully saturated rings. The van der Waals surface area contributed by atoms with E-state index in [0.717, 1.165) is 5.56 Å². The second-order valence-corrected chi connectivity index (χ2v) is 6.79. The van der Waals surface area contributed by atoms with Crippen LogP contribution in [-0.2, 0) is 10.0 Å². The molecule has 0 aliphatic rings. The first-order valence-corrected chi connectivity index (χ1v) is 8.19. The molecule has 0 saturated carbocycles. The van der Waals surface area contributed by atoms with Gasteiger partial charge in [-0.05, 0) is 50.1 Å². The SMILES string of the molecule is CCN(c1cccc(O)c1)S(=O)(=O)c1cc(C)ccc1C. The van der Waals surface area contributed by atoms with Gasteiger partial charge in [0, 0.05) is 12.6 Å². The Morgan fingerprint density at radius 2 is 1.81 bits per heavy atom. The average molecular weight is 305 g/mol. The molecule has 1 N–H and O–H groups in total. The maximum Gasteiger partial charge on any atom is 0.264 e. The van der Waals surface area contributed by atoms with Crippen molar-refractivity contribution in [3.8, 4) is 5.75 Å². The highest BCUT2D eigenvalue weighted by molar-refractivity contribution is 7.92. The Hall–Kier alpha value is -2.01. The number of rotatable bonds is 4. The van der Waals surface area contributed by atoms with Crippen molar-refractivity contribution in [2.24, 2.45) is 0 Å². The molecule has 0 heterocycles. The molecule has 0 aromatic heterocycles. The van der Waals surface area contributed by atoms with E-state index in [1.807, 2.05) is 13.0 Å². The monoisotopic (exact) mass is 305 g/mol. The van der Waals surface area contributed by atoms with Crippen LogP contribution in [0.25, 0.3) is 0 Å². The molecular weight excluding hydrogens is 286 g/mol. The van der Waals surface area contributed by atoms with Crippen molar-refractivity contribution in [1.82, 2.24) is 0 Å². The van der Waals surface area contributed by atoms with Gasteiger partial charge in [-0.15, -0.1) is 0 Å². The highest BCUT2D eigenvalue weighted by atomic mass is 32.2. The van der Waals surface area contributed by atoms with E-state index < -0.39 is 10.0 Å². The van der Waals surface area contributed by atoms with Crippen molar-refractivity contribution in [2.45, 2.75) is 25.7 Å². The Morgan fingerprint density at radius 3 is 2.43 bits per heavy atom. The van der Waals surface area contributed by atoms with Crippen LogP contribution < -0.4 is 4.31 Å². The molecule has 0 amide bonds. The summed E-state index contributed by atoms with van der Waals surface area (Å²) in [6.45, 7) is 5.71. The molecule has 0 saturated heterocycles. The Kier molecular flexibility index (Phi) is 4.23. The highest BCUT2D eigenvalue weighted by Crippen LogP contribution is 2.28. The van der Waals surface area contributed by atoms with Gasteiger partial charge in [-0.2, -0.15) is 0 Å². The van der Waals surface area contributed by atoms with Crippen LogP contribution in [0.4, 0.5) is 5.69 Å². The minimum absolute atomic E-state index is 0.0436. The molecule has 4 nitrogen and oxygen atoms in total. The molecule has 0 spiro atoms. The predicted molar refractivity (Wildman–Crippen MR) is 84.2 cm³/mol. The Balaban J connectivity index is 2.57. The number of nitrogens with zero attached hydrogens (tertiary/aromatic N) is 1. The summed E-state index contributed by atoms with van der Waals surface area (Å²) in [4.78, 5) is 0.299. The average Bonchev–Trinajstić information content (AvgIpc) is 2.42. The van der Waals surface area contributed by atoms with Crippen molar-refractivity contribution >= 4 is 15.7 Å². The number of hydrogen-bond acceptors (Lipinski definition) is 3. The van der Waals surface area contributed by atoms with Gasteiger partial charge >= 0.3 is 0 Å². The number of phenols is 1. The Bertz CT molecular complexity index is 754. The lowest BCUT2D eigenvalue weighted by Gasteiger charge is -2.24. The van der Waals surface area contributed by atoms with E-state index in [0.29, 0.717) is 22.7 Å². The normalized spacial score (nSPS) is 11.4. The number of anilines is 1. The molecular formula is C16H19NO3S. The third-order valence-corrected chi connectivity index (χ3v) is 5.36. The maximum atomic E-state index is 12.9. The summed E-state index contributed by atoms with van der Waals surface area (Å²) in [5.74, 6) is 0.0436. The molecule has 5 heteroatoms. The summed E-state index contributed by atoms with van der Waals surface area (Å²) < 4.78 is 27.1. The van der Waals surface area contributed by atoms with E-state index >= 15 is 0 Å². The Morgan fingerprint density at radius 1 is 1.10 bits per heavy atom. The van der Waals surface area contributed by atoms with Gasteiger partial charge in [-0.3, -0.25) is 4.31 Å². The molecule has 0 aliphatic carbocycles. The van der Waals surface area contributed by atoms with Crippen LogP contribution in [0.3, 0.4) is 0 Å². The van der Waals surface area contributed by atoms with E-state index in [1.165, 1.54) is 16.4 Å². The van der Waals surface area contributed by atoms with Crippen molar-refractivity contribution in [1.29, 1.82) is 0 Å². The lowest BCUT2D eigenvalue weighted by atomic mass is 10.2. The molecule has 0 unspecified atom stereocenters. The van der Waals surface area contributed by atoms with Gasteiger partial charge in [0.15, 0.2) is 0 Å². The minimum Gasteiger partial charge on any atom is -0.508 e. The van der Waals surface area contributed by atoms with Crippen LogP contribution in [0.2, 0.25) is 0 Å². The van der Waals surface area contributed by atoms with Gasteiger partial charge in [0.1, 0.15) is 5.75 Å². The van der Waals surface area contributed by atoms with E-state index in [9.17, 15) is 13.5 Å². The van der Waals surface area contributed by atoms with E-state index in [4.69, 9.17) is 0 Å². The van der Waals surface area contributed by atoms with Crippen LogP contribution in [0.15, 0.2) is 47.4 Å². The number of hydrogen-bond donors (Lipinski definition) is 1. The van der Waals surface area contributed by atoms with Gasteiger partial charge in [-0.1, -0.05) is 18.2 Å². The summed E-state index contributed by atoms with van der Waals surface area (Å²) in [6.07, 6.45) is 0.